The van der Waals surface area contributed by atoms with Gasteiger partial charge in [-0.3, -0.25) is 4.79 Å². The van der Waals surface area contributed by atoms with E-state index >= 15 is 0 Å². The minimum atomic E-state index is -0.862. The Labute approximate surface area is 517 Å². The van der Waals surface area contributed by atoms with Gasteiger partial charge in [-0.05, 0) is 32.1 Å². The standard InChI is InChI=1S/C78H153NO3/c1-3-5-7-9-11-13-15-17-19-21-23-25-27-29-31-33-35-36-37-38-39-40-41-42-44-46-48-50-52-54-56-58-60-62-64-66-68-70-72-74-78(82)79-76(75-80)77(81)73-71-69-67-65-63-61-59-57-55-53-51-49-47-45-43-34-32-30-28-26-24-22-20-18-16-14-12-10-8-6-4-2/h63,65,71,73,76-77,80-81H,3-62,64,66-70,72,74-75H2,1-2H3,(H,79,82)/b65-63+,73-71+. The number of unbranched alkanes of at least 4 members (excludes halogenated alkanes) is 64. The summed E-state index contributed by atoms with van der Waals surface area (Å²) in [6, 6.07) is -0.638. The minimum absolute atomic E-state index is 0.0631. The van der Waals surface area contributed by atoms with E-state index in [1.54, 1.807) is 6.08 Å². The number of hydrogen-bond acceptors (Lipinski definition) is 3. The number of nitrogens with one attached hydrogen (secondary N) is 1. The van der Waals surface area contributed by atoms with Crippen molar-refractivity contribution in [1.29, 1.82) is 0 Å². The molecule has 0 aromatic heterocycles. The molecule has 0 saturated carbocycles. The Hall–Kier alpha value is -1.13. The maximum Gasteiger partial charge on any atom is 0.220 e. The van der Waals surface area contributed by atoms with Gasteiger partial charge in [0.1, 0.15) is 0 Å². The largest absolute Gasteiger partial charge is 0.394 e. The molecule has 3 N–H and O–H groups in total. The van der Waals surface area contributed by atoms with E-state index in [-0.39, 0.29) is 12.5 Å². The Balaban J connectivity index is 3.39. The van der Waals surface area contributed by atoms with E-state index in [0.717, 1.165) is 32.1 Å². The summed E-state index contributed by atoms with van der Waals surface area (Å²) in [5.41, 5.74) is 0. The van der Waals surface area contributed by atoms with E-state index in [4.69, 9.17) is 0 Å². The molecule has 0 aromatic carbocycles. The van der Waals surface area contributed by atoms with Crippen LogP contribution in [0.15, 0.2) is 24.3 Å². The van der Waals surface area contributed by atoms with E-state index in [0.29, 0.717) is 6.42 Å². The van der Waals surface area contributed by atoms with Gasteiger partial charge in [0.25, 0.3) is 0 Å². The number of aliphatic hydroxyl groups is 2. The summed E-state index contributed by atoms with van der Waals surface area (Å²) in [5.74, 6) is -0.0631. The molecule has 82 heavy (non-hydrogen) atoms. The van der Waals surface area contributed by atoms with Crippen molar-refractivity contribution in [3.63, 3.8) is 0 Å². The monoisotopic (exact) mass is 1150 g/mol. The average molecular weight is 1150 g/mol. The van der Waals surface area contributed by atoms with Crippen LogP contribution in [0.25, 0.3) is 0 Å². The quantitative estimate of drug-likeness (QED) is 0.0420. The van der Waals surface area contributed by atoms with E-state index in [1.807, 2.05) is 6.08 Å². The lowest BCUT2D eigenvalue weighted by Crippen LogP contribution is -2.45. The first-order valence-electron chi connectivity index (χ1n) is 38.6. The predicted octanol–water partition coefficient (Wildman–Crippen LogP) is 26.5. The van der Waals surface area contributed by atoms with Gasteiger partial charge in [-0.15, -0.1) is 0 Å². The number of rotatable bonds is 73. The molecule has 0 aromatic rings. The zero-order chi connectivity index (χ0) is 59.1. The fourth-order valence-electron chi connectivity index (χ4n) is 12.6. The fourth-order valence-corrected chi connectivity index (χ4v) is 12.6. The van der Waals surface area contributed by atoms with Crippen LogP contribution in [0.5, 0.6) is 0 Å². The van der Waals surface area contributed by atoms with Crippen molar-refractivity contribution in [3.8, 4) is 0 Å². The Morgan fingerprint density at radius 1 is 0.280 bits per heavy atom. The highest BCUT2D eigenvalue weighted by molar-refractivity contribution is 5.76. The van der Waals surface area contributed by atoms with Crippen molar-refractivity contribution in [2.75, 3.05) is 6.61 Å². The summed E-state index contributed by atoms with van der Waals surface area (Å²) in [6.07, 6.45) is 102. The lowest BCUT2D eigenvalue weighted by Gasteiger charge is -2.19. The van der Waals surface area contributed by atoms with Gasteiger partial charge in [0.15, 0.2) is 0 Å². The van der Waals surface area contributed by atoms with Crippen LogP contribution in [-0.2, 0) is 4.79 Å². The van der Waals surface area contributed by atoms with Gasteiger partial charge in [0, 0.05) is 6.42 Å². The van der Waals surface area contributed by atoms with Gasteiger partial charge in [0.05, 0.1) is 18.8 Å². The molecule has 2 unspecified atom stereocenters. The van der Waals surface area contributed by atoms with Crippen molar-refractivity contribution in [1.82, 2.24) is 5.32 Å². The van der Waals surface area contributed by atoms with Gasteiger partial charge in [-0.25, -0.2) is 0 Å². The fraction of sp³-hybridized carbons (Fsp3) is 0.936. The second kappa shape index (κ2) is 74.1. The molecule has 4 heteroatoms. The van der Waals surface area contributed by atoms with Gasteiger partial charge in [0.2, 0.25) is 5.91 Å². The van der Waals surface area contributed by atoms with Gasteiger partial charge >= 0.3 is 0 Å². The third kappa shape index (κ3) is 69.6. The number of aliphatic hydroxyl groups excluding tert-OH is 2. The maximum atomic E-state index is 12.6. The lowest BCUT2D eigenvalue weighted by atomic mass is 10.0. The molecule has 2 atom stereocenters. The Morgan fingerprint density at radius 3 is 0.707 bits per heavy atom. The Kier molecular flexibility index (Phi) is 73.1. The molecule has 0 aliphatic rings. The number of hydrogen-bond donors (Lipinski definition) is 3. The van der Waals surface area contributed by atoms with E-state index < -0.39 is 12.1 Å². The Bertz CT molecular complexity index is 1210. The molecular weight excluding hydrogens is 999 g/mol. The molecular formula is C78H153NO3. The molecule has 0 aliphatic carbocycles. The molecule has 488 valence electrons. The number of carbonyl (C=O) groups is 1. The van der Waals surface area contributed by atoms with Gasteiger partial charge < -0.3 is 15.5 Å². The van der Waals surface area contributed by atoms with Crippen LogP contribution in [0.3, 0.4) is 0 Å². The zero-order valence-electron chi connectivity index (χ0n) is 56.6. The number of amides is 1. The molecule has 0 radical (unpaired) electrons. The summed E-state index contributed by atoms with van der Waals surface area (Å²) in [4.78, 5) is 12.6. The molecule has 0 aliphatic heterocycles. The van der Waals surface area contributed by atoms with Crippen molar-refractivity contribution in [3.05, 3.63) is 24.3 Å². The second-order valence-corrected chi connectivity index (χ2v) is 26.8. The number of carbonyl (C=O) groups excluding carboxylic acids is 1. The van der Waals surface area contributed by atoms with Crippen LogP contribution < -0.4 is 5.32 Å². The average Bonchev–Trinajstić information content (AvgIpc) is 3.50. The highest BCUT2D eigenvalue weighted by Gasteiger charge is 2.18. The first-order valence-corrected chi connectivity index (χ1v) is 38.6. The molecule has 0 rings (SSSR count). The van der Waals surface area contributed by atoms with E-state index in [9.17, 15) is 15.0 Å². The van der Waals surface area contributed by atoms with Gasteiger partial charge in [-0.2, -0.15) is 0 Å². The molecule has 4 nitrogen and oxygen atoms in total. The van der Waals surface area contributed by atoms with Crippen LogP contribution in [0.2, 0.25) is 0 Å². The lowest BCUT2D eigenvalue weighted by molar-refractivity contribution is -0.123. The van der Waals surface area contributed by atoms with Crippen molar-refractivity contribution in [2.24, 2.45) is 0 Å². The molecule has 0 spiro atoms. The predicted molar refractivity (Wildman–Crippen MR) is 369 cm³/mol. The second-order valence-electron chi connectivity index (χ2n) is 26.8. The summed E-state index contributed by atoms with van der Waals surface area (Å²) >= 11 is 0. The first kappa shape index (κ1) is 80.9. The first-order chi connectivity index (χ1) is 40.7. The van der Waals surface area contributed by atoms with Gasteiger partial charge in [-0.1, -0.05) is 436 Å². The summed E-state index contributed by atoms with van der Waals surface area (Å²) in [6.45, 7) is 4.36. The third-order valence-electron chi connectivity index (χ3n) is 18.4. The topological polar surface area (TPSA) is 69.6 Å². The summed E-state index contributed by atoms with van der Waals surface area (Å²) in [7, 11) is 0. The minimum Gasteiger partial charge on any atom is -0.394 e. The molecule has 0 fully saturated rings. The van der Waals surface area contributed by atoms with Crippen molar-refractivity contribution in [2.45, 2.75) is 463 Å². The normalized spacial score (nSPS) is 12.7. The van der Waals surface area contributed by atoms with Crippen LogP contribution in [0.4, 0.5) is 0 Å². The molecule has 1 amide bonds. The summed E-state index contributed by atoms with van der Waals surface area (Å²) in [5, 5.41) is 23.3. The molecule has 0 heterocycles. The third-order valence-corrected chi connectivity index (χ3v) is 18.4. The van der Waals surface area contributed by atoms with E-state index in [1.165, 1.54) is 398 Å². The molecule has 0 saturated heterocycles. The summed E-state index contributed by atoms with van der Waals surface area (Å²) < 4.78 is 0. The maximum absolute atomic E-state index is 12.6. The highest BCUT2D eigenvalue weighted by atomic mass is 16.3. The van der Waals surface area contributed by atoms with Crippen molar-refractivity contribution >= 4 is 5.91 Å². The van der Waals surface area contributed by atoms with Crippen LogP contribution in [-0.4, -0.2) is 34.9 Å². The zero-order valence-corrected chi connectivity index (χ0v) is 56.6. The van der Waals surface area contributed by atoms with Crippen LogP contribution in [0, 0.1) is 0 Å². The smallest absolute Gasteiger partial charge is 0.220 e. The molecule has 0 bridgehead atoms. The SMILES string of the molecule is CCCCCCCCCCCCCCCCCCCCCCCCCCC/C=C/CC/C=C/C(O)C(CO)NC(=O)CCCCCCCCCCCCCCCCCCCCCCCCCCCCCCCCCCCCCCCCC. The van der Waals surface area contributed by atoms with E-state index in [2.05, 4.69) is 31.3 Å². The van der Waals surface area contributed by atoms with Crippen LogP contribution >= 0.6 is 0 Å². The van der Waals surface area contributed by atoms with Crippen LogP contribution in [0.1, 0.15) is 450 Å². The Morgan fingerprint density at radius 2 is 0.476 bits per heavy atom. The van der Waals surface area contributed by atoms with Crippen molar-refractivity contribution < 1.29 is 15.0 Å². The highest BCUT2D eigenvalue weighted by Crippen LogP contribution is 2.20. The number of allylic oxidation sites excluding steroid dienone is 3.